The molecule has 2 N–H and O–H groups in total. The molecule has 7 heteroatoms. The number of hydrogen-bond donors (Lipinski definition) is 2. The second-order valence-electron chi connectivity index (χ2n) is 5.29. The number of fused-ring (bicyclic) bond motifs is 1. The van der Waals surface area contributed by atoms with Gasteiger partial charge in [-0.25, -0.2) is 4.79 Å². The number of hydrogen-bond acceptors (Lipinski definition) is 5. The third-order valence-electron chi connectivity index (χ3n) is 3.78. The third-order valence-corrected chi connectivity index (χ3v) is 3.78. The lowest BCUT2D eigenvalue weighted by molar-refractivity contribution is -0.115. The van der Waals surface area contributed by atoms with E-state index in [1.54, 1.807) is 12.4 Å². The number of pyridine rings is 1. The smallest absolute Gasteiger partial charge is 0.342 e. The van der Waals surface area contributed by atoms with Gasteiger partial charge >= 0.3 is 5.97 Å². The van der Waals surface area contributed by atoms with Crippen molar-refractivity contribution in [2.45, 2.75) is 6.42 Å². The molecule has 1 aromatic carbocycles. The van der Waals surface area contributed by atoms with Gasteiger partial charge in [0.2, 0.25) is 5.91 Å². The van der Waals surface area contributed by atoms with Gasteiger partial charge in [0.15, 0.2) is 0 Å². The molecule has 7 nitrogen and oxygen atoms in total. The van der Waals surface area contributed by atoms with E-state index in [2.05, 4.69) is 20.0 Å². The molecule has 0 saturated heterocycles. The highest BCUT2D eigenvalue weighted by atomic mass is 16.5. The fraction of sp³-hybridized carbons (Fsp3) is 0.111. The van der Waals surface area contributed by atoms with Crippen molar-refractivity contribution in [3.63, 3.8) is 0 Å². The topological polar surface area (TPSA) is 108 Å². The zero-order valence-corrected chi connectivity index (χ0v) is 13.4. The van der Waals surface area contributed by atoms with Crippen LogP contribution in [0.15, 0.2) is 42.9 Å². The number of carbonyl (C=O) groups excluding carboxylic acids is 2. The lowest BCUT2D eigenvalue weighted by Crippen LogP contribution is -2.17. The van der Waals surface area contributed by atoms with Crippen LogP contribution in [0.25, 0.3) is 10.8 Å². The van der Waals surface area contributed by atoms with Crippen LogP contribution in [0.3, 0.4) is 0 Å². The summed E-state index contributed by atoms with van der Waals surface area (Å²) in [6.07, 6.45) is 4.87. The number of nitrogens with one attached hydrogen (secondary N) is 2. The molecule has 0 fully saturated rings. The van der Waals surface area contributed by atoms with Crippen LogP contribution in [0.1, 0.15) is 21.5 Å². The van der Waals surface area contributed by atoms with Gasteiger partial charge in [-0.1, -0.05) is 18.2 Å². The molecule has 0 aliphatic heterocycles. The van der Waals surface area contributed by atoms with E-state index in [9.17, 15) is 9.59 Å². The van der Waals surface area contributed by atoms with Crippen LogP contribution >= 0.6 is 0 Å². The molecule has 0 unspecified atom stereocenters. The van der Waals surface area contributed by atoms with Crippen molar-refractivity contribution in [2.24, 2.45) is 0 Å². The van der Waals surface area contributed by atoms with Gasteiger partial charge in [-0.15, -0.1) is 0 Å². The third kappa shape index (κ3) is 3.19. The average Bonchev–Trinajstić information content (AvgIpc) is 3.04. The number of rotatable bonds is 4. The number of aromatic nitrogens is 2. The minimum absolute atomic E-state index is 0.0143. The zero-order valence-electron chi connectivity index (χ0n) is 13.4. The summed E-state index contributed by atoms with van der Waals surface area (Å²) in [6, 6.07) is 9.37. The molecule has 0 radical (unpaired) electrons. The first-order valence-corrected chi connectivity index (χ1v) is 7.45. The van der Waals surface area contributed by atoms with Crippen molar-refractivity contribution in [1.29, 1.82) is 5.26 Å². The van der Waals surface area contributed by atoms with Gasteiger partial charge in [0.05, 0.1) is 19.1 Å². The van der Waals surface area contributed by atoms with Gasteiger partial charge < -0.3 is 15.0 Å². The summed E-state index contributed by atoms with van der Waals surface area (Å²) >= 11 is 0. The van der Waals surface area contributed by atoms with Gasteiger partial charge in [-0.05, 0) is 17.0 Å². The predicted octanol–water partition coefficient (Wildman–Crippen LogP) is 2.40. The maximum Gasteiger partial charge on any atom is 0.342 e. The van der Waals surface area contributed by atoms with Gasteiger partial charge in [0.1, 0.15) is 17.5 Å². The molecule has 0 bridgehead atoms. The second kappa shape index (κ2) is 6.84. The molecule has 0 aliphatic carbocycles. The quantitative estimate of drug-likeness (QED) is 0.712. The number of methoxy groups -OCH3 is 1. The van der Waals surface area contributed by atoms with E-state index in [-0.39, 0.29) is 29.3 Å². The summed E-state index contributed by atoms with van der Waals surface area (Å²) in [5, 5.41) is 13.6. The maximum atomic E-state index is 12.4. The van der Waals surface area contributed by atoms with E-state index >= 15 is 0 Å². The van der Waals surface area contributed by atoms with Crippen molar-refractivity contribution in [1.82, 2.24) is 9.97 Å². The Morgan fingerprint density at radius 1 is 1.36 bits per heavy atom. The fourth-order valence-corrected chi connectivity index (χ4v) is 2.62. The highest BCUT2D eigenvalue weighted by molar-refractivity contribution is 6.03. The van der Waals surface area contributed by atoms with Gasteiger partial charge in [-0.3, -0.25) is 9.78 Å². The fourth-order valence-electron chi connectivity index (χ4n) is 2.62. The van der Waals surface area contributed by atoms with Crippen LogP contribution in [-0.4, -0.2) is 29.0 Å². The minimum atomic E-state index is -0.690. The first-order valence-electron chi connectivity index (χ1n) is 7.45. The normalized spacial score (nSPS) is 10.2. The molecular weight excluding hydrogens is 320 g/mol. The van der Waals surface area contributed by atoms with Crippen molar-refractivity contribution in [3.05, 3.63) is 59.5 Å². The molecule has 1 amide bonds. The number of esters is 1. The lowest BCUT2D eigenvalue weighted by atomic mass is 10.0. The highest BCUT2D eigenvalue weighted by Crippen LogP contribution is 2.21. The van der Waals surface area contributed by atoms with Crippen LogP contribution in [0.4, 0.5) is 5.82 Å². The van der Waals surface area contributed by atoms with Crippen LogP contribution in [0.2, 0.25) is 0 Å². The average molecular weight is 334 g/mol. The molecule has 0 spiro atoms. The molecule has 0 atom stereocenters. The summed E-state index contributed by atoms with van der Waals surface area (Å²) < 4.78 is 4.67. The van der Waals surface area contributed by atoms with E-state index in [0.29, 0.717) is 0 Å². The Kier molecular flexibility index (Phi) is 4.44. The molecule has 3 aromatic rings. The number of ether oxygens (including phenoxy) is 1. The number of carbonyl (C=O) groups is 2. The van der Waals surface area contributed by atoms with Crippen molar-refractivity contribution < 1.29 is 14.3 Å². The van der Waals surface area contributed by atoms with E-state index in [4.69, 9.17) is 5.26 Å². The van der Waals surface area contributed by atoms with Gasteiger partial charge in [-0.2, -0.15) is 5.26 Å². The predicted molar refractivity (Wildman–Crippen MR) is 90.9 cm³/mol. The Labute approximate surface area is 143 Å². The van der Waals surface area contributed by atoms with Crippen molar-refractivity contribution >= 4 is 28.5 Å². The maximum absolute atomic E-state index is 12.4. The SMILES string of the molecule is COC(=O)c1c(C#N)c[nH]c1NC(=O)Cc1cccc2cnccc12. The number of aromatic amines is 1. The van der Waals surface area contributed by atoms with E-state index < -0.39 is 5.97 Å². The number of amides is 1. The summed E-state index contributed by atoms with van der Waals surface area (Å²) in [5.74, 6) is -0.861. The van der Waals surface area contributed by atoms with Crippen LogP contribution < -0.4 is 5.32 Å². The number of nitriles is 1. The Morgan fingerprint density at radius 3 is 2.96 bits per heavy atom. The molecule has 2 heterocycles. The standard InChI is InChI=1S/C18H14N4O3/c1-25-18(24)16-13(8-19)10-21-17(16)22-15(23)7-11-3-2-4-12-9-20-6-5-14(11)12/h2-6,9-10,21H,7H2,1H3,(H,22,23). The molecule has 2 aromatic heterocycles. The molecule has 25 heavy (non-hydrogen) atoms. The number of benzene rings is 1. The molecular formula is C18H14N4O3. The Bertz CT molecular complexity index is 996. The Hall–Kier alpha value is -3.66. The number of anilines is 1. The lowest BCUT2D eigenvalue weighted by Gasteiger charge is -2.08. The van der Waals surface area contributed by atoms with E-state index in [1.807, 2.05) is 30.3 Å². The zero-order chi connectivity index (χ0) is 17.8. The van der Waals surface area contributed by atoms with E-state index in [0.717, 1.165) is 16.3 Å². The first-order chi connectivity index (χ1) is 12.1. The summed E-state index contributed by atoms with van der Waals surface area (Å²) in [4.78, 5) is 31.0. The largest absolute Gasteiger partial charge is 0.465 e. The van der Waals surface area contributed by atoms with Crippen LogP contribution in [0, 0.1) is 11.3 Å². The summed E-state index contributed by atoms with van der Waals surface area (Å²) in [7, 11) is 1.21. The number of H-pyrrole nitrogens is 1. The first kappa shape index (κ1) is 16.2. The highest BCUT2D eigenvalue weighted by Gasteiger charge is 2.21. The van der Waals surface area contributed by atoms with Gasteiger partial charge in [0.25, 0.3) is 0 Å². The molecule has 0 saturated carbocycles. The van der Waals surface area contributed by atoms with Crippen molar-refractivity contribution in [3.8, 4) is 6.07 Å². The Balaban J connectivity index is 1.85. The summed E-state index contributed by atoms with van der Waals surface area (Å²) in [6.45, 7) is 0. The monoisotopic (exact) mass is 334 g/mol. The molecule has 0 aliphatic rings. The number of nitrogens with zero attached hydrogens (tertiary/aromatic N) is 2. The van der Waals surface area contributed by atoms with E-state index in [1.165, 1.54) is 13.3 Å². The minimum Gasteiger partial charge on any atom is -0.465 e. The molecule has 124 valence electrons. The summed E-state index contributed by atoms with van der Waals surface area (Å²) in [5.41, 5.74) is 0.961. The second-order valence-corrected chi connectivity index (χ2v) is 5.29. The Morgan fingerprint density at radius 2 is 2.20 bits per heavy atom. The molecule has 3 rings (SSSR count). The van der Waals surface area contributed by atoms with Crippen LogP contribution in [0.5, 0.6) is 0 Å². The van der Waals surface area contributed by atoms with Crippen molar-refractivity contribution in [2.75, 3.05) is 12.4 Å². The van der Waals surface area contributed by atoms with Gasteiger partial charge in [0, 0.05) is 24.0 Å². The van der Waals surface area contributed by atoms with Crippen LogP contribution in [-0.2, 0) is 16.0 Å².